The normalized spacial score (nSPS) is 22.2. The number of carbonyl (C=O) groups is 2. The fourth-order valence-electron chi connectivity index (χ4n) is 4.04. The molecule has 3 N–H and O–H groups in total. The maximum absolute atomic E-state index is 12.9. The number of hydrogen-bond donors (Lipinski definition) is 3. The van der Waals surface area contributed by atoms with Crippen LogP contribution in [0.25, 0.3) is 0 Å². The van der Waals surface area contributed by atoms with Gasteiger partial charge in [0.1, 0.15) is 16.9 Å². The number of likely N-dealkylation sites (tertiary alicyclic amines) is 1. The van der Waals surface area contributed by atoms with E-state index in [9.17, 15) is 19.8 Å². The van der Waals surface area contributed by atoms with E-state index < -0.39 is 17.5 Å². The molecule has 150 valence electrons. The molecule has 2 atom stereocenters. The fourth-order valence-corrected chi connectivity index (χ4v) is 4.04. The zero-order chi connectivity index (χ0) is 20.3. The third kappa shape index (κ3) is 3.94. The zero-order valence-electron chi connectivity index (χ0n) is 16.3. The molecule has 2 heterocycles. The van der Waals surface area contributed by atoms with Crippen LogP contribution >= 0.6 is 0 Å². The van der Waals surface area contributed by atoms with E-state index in [2.05, 4.69) is 9.97 Å². The summed E-state index contributed by atoms with van der Waals surface area (Å²) < 4.78 is 0. The van der Waals surface area contributed by atoms with E-state index >= 15 is 0 Å². The quantitative estimate of drug-likeness (QED) is 0.708. The highest BCUT2D eigenvalue weighted by molar-refractivity contribution is 5.94. The predicted molar refractivity (Wildman–Crippen MR) is 104 cm³/mol. The lowest BCUT2D eigenvalue weighted by molar-refractivity contribution is -0.162. The van der Waals surface area contributed by atoms with Gasteiger partial charge in [0.05, 0.1) is 6.10 Å². The van der Waals surface area contributed by atoms with Crippen molar-refractivity contribution in [2.24, 2.45) is 5.41 Å². The summed E-state index contributed by atoms with van der Waals surface area (Å²) in [6.07, 6.45) is 0.920. The number of carboxylic acids is 1. The summed E-state index contributed by atoms with van der Waals surface area (Å²) in [5.74, 6) is -0.701. The lowest BCUT2D eigenvalue weighted by Crippen LogP contribution is -2.57. The number of carboxylic acid groups (broad SMARTS) is 1. The molecule has 1 saturated heterocycles. The van der Waals surface area contributed by atoms with Gasteiger partial charge in [-0.2, -0.15) is 0 Å². The number of imidazole rings is 1. The van der Waals surface area contributed by atoms with Gasteiger partial charge in [0.15, 0.2) is 0 Å². The van der Waals surface area contributed by atoms with Gasteiger partial charge in [-0.05, 0) is 45.1 Å². The molecule has 0 bridgehead atoms. The van der Waals surface area contributed by atoms with Crippen molar-refractivity contribution >= 4 is 11.9 Å². The summed E-state index contributed by atoms with van der Waals surface area (Å²) in [6.45, 7) is 3.85. The van der Waals surface area contributed by atoms with E-state index in [1.807, 2.05) is 30.3 Å². The second kappa shape index (κ2) is 8.14. The molecule has 3 rings (SSSR count). The lowest BCUT2D eigenvalue weighted by atomic mass is 9.73. The van der Waals surface area contributed by atoms with Crippen LogP contribution in [0.4, 0.5) is 0 Å². The van der Waals surface area contributed by atoms with Crippen LogP contribution in [-0.4, -0.2) is 56.2 Å². The summed E-state index contributed by atoms with van der Waals surface area (Å²) in [5, 5.41) is 20.5. The monoisotopic (exact) mass is 385 g/mol. The Morgan fingerprint density at radius 1 is 1.29 bits per heavy atom. The number of rotatable bonds is 6. The van der Waals surface area contributed by atoms with Crippen LogP contribution in [0, 0.1) is 19.3 Å². The van der Waals surface area contributed by atoms with Crippen LogP contribution < -0.4 is 0 Å². The van der Waals surface area contributed by atoms with Crippen molar-refractivity contribution < 1.29 is 19.8 Å². The number of nitrogens with one attached hydrogen (secondary N) is 1. The molecule has 1 aromatic heterocycles. The zero-order valence-corrected chi connectivity index (χ0v) is 16.3. The molecule has 7 heteroatoms. The molecule has 7 nitrogen and oxygen atoms in total. The van der Waals surface area contributed by atoms with Gasteiger partial charge in [0.2, 0.25) is 0 Å². The first-order valence-corrected chi connectivity index (χ1v) is 9.61. The SMILES string of the molecule is Cc1nc(C(=O)N2CC[C@@H](O)[C@](CCCc3ccccc3)(C(=O)O)C2)c(C)[nH]1. The number of aliphatic hydroxyl groups excluding tert-OH is 1. The van der Waals surface area contributed by atoms with Crippen molar-refractivity contribution in [2.75, 3.05) is 13.1 Å². The molecule has 1 aliphatic rings. The largest absolute Gasteiger partial charge is 0.481 e. The molecule has 0 unspecified atom stereocenters. The smallest absolute Gasteiger partial charge is 0.314 e. The first-order valence-electron chi connectivity index (χ1n) is 9.61. The third-order valence-electron chi connectivity index (χ3n) is 5.63. The number of amides is 1. The number of hydrogen-bond acceptors (Lipinski definition) is 4. The maximum Gasteiger partial charge on any atom is 0.314 e. The molecule has 0 spiro atoms. The first kappa shape index (κ1) is 20.1. The van der Waals surface area contributed by atoms with Crippen molar-refractivity contribution in [3.05, 3.63) is 53.1 Å². The molecule has 0 radical (unpaired) electrons. The fraction of sp³-hybridized carbons (Fsp3) is 0.476. The van der Waals surface area contributed by atoms with Crippen molar-refractivity contribution in [1.82, 2.24) is 14.9 Å². The van der Waals surface area contributed by atoms with E-state index in [0.29, 0.717) is 36.6 Å². The minimum atomic E-state index is -1.36. The van der Waals surface area contributed by atoms with Gasteiger partial charge >= 0.3 is 5.97 Å². The molecule has 0 saturated carbocycles. The number of aromatic nitrogens is 2. The number of piperidine rings is 1. The summed E-state index contributed by atoms with van der Waals surface area (Å²) in [6, 6.07) is 9.85. The summed E-state index contributed by atoms with van der Waals surface area (Å²) in [5.41, 5.74) is 0.752. The Morgan fingerprint density at radius 3 is 2.61 bits per heavy atom. The highest BCUT2D eigenvalue weighted by Gasteiger charge is 2.50. The van der Waals surface area contributed by atoms with Crippen LogP contribution in [0.1, 0.15) is 46.8 Å². The maximum atomic E-state index is 12.9. The third-order valence-corrected chi connectivity index (χ3v) is 5.63. The van der Waals surface area contributed by atoms with Crippen LogP contribution in [0.15, 0.2) is 30.3 Å². The van der Waals surface area contributed by atoms with Crippen molar-refractivity contribution in [1.29, 1.82) is 0 Å². The van der Waals surface area contributed by atoms with Gasteiger partial charge in [-0.3, -0.25) is 9.59 Å². The number of aromatic amines is 1. The predicted octanol–water partition coefficient (Wildman–Crippen LogP) is 2.33. The number of aliphatic hydroxyl groups is 1. The number of nitrogens with zero attached hydrogens (tertiary/aromatic N) is 2. The molecule has 2 aromatic rings. The van der Waals surface area contributed by atoms with E-state index in [4.69, 9.17) is 0 Å². The number of carbonyl (C=O) groups excluding carboxylic acids is 1. The van der Waals surface area contributed by atoms with Crippen LogP contribution in [0.2, 0.25) is 0 Å². The highest BCUT2D eigenvalue weighted by atomic mass is 16.4. The second-order valence-electron chi connectivity index (χ2n) is 7.63. The molecular weight excluding hydrogens is 358 g/mol. The number of benzene rings is 1. The van der Waals surface area contributed by atoms with Gasteiger partial charge < -0.3 is 20.1 Å². The summed E-state index contributed by atoms with van der Waals surface area (Å²) in [4.78, 5) is 33.9. The summed E-state index contributed by atoms with van der Waals surface area (Å²) in [7, 11) is 0. The number of aliphatic carboxylic acids is 1. The Bertz CT molecular complexity index is 849. The van der Waals surface area contributed by atoms with E-state index in [-0.39, 0.29) is 18.9 Å². The van der Waals surface area contributed by atoms with E-state index in [1.54, 1.807) is 13.8 Å². The minimum Gasteiger partial charge on any atom is -0.481 e. The molecule has 28 heavy (non-hydrogen) atoms. The summed E-state index contributed by atoms with van der Waals surface area (Å²) >= 11 is 0. The average molecular weight is 385 g/mol. The van der Waals surface area contributed by atoms with E-state index in [1.165, 1.54) is 4.90 Å². The number of aryl methyl sites for hydroxylation is 3. The van der Waals surface area contributed by atoms with Crippen molar-refractivity contribution in [3.63, 3.8) is 0 Å². The molecule has 1 fully saturated rings. The van der Waals surface area contributed by atoms with Gasteiger partial charge in [-0.15, -0.1) is 0 Å². The van der Waals surface area contributed by atoms with Gasteiger partial charge in [0, 0.05) is 18.8 Å². The van der Waals surface area contributed by atoms with Crippen LogP contribution in [0.5, 0.6) is 0 Å². The number of H-pyrrole nitrogens is 1. The van der Waals surface area contributed by atoms with Crippen molar-refractivity contribution in [3.8, 4) is 0 Å². The molecular formula is C21H27N3O4. The molecule has 1 aliphatic heterocycles. The Morgan fingerprint density at radius 2 is 2.00 bits per heavy atom. The molecule has 1 amide bonds. The Labute approximate surface area is 164 Å². The Balaban J connectivity index is 1.76. The van der Waals surface area contributed by atoms with Crippen molar-refractivity contribution in [2.45, 2.75) is 45.6 Å². The van der Waals surface area contributed by atoms with Crippen LogP contribution in [0.3, 0.4) is 0 Å². The Hall–Kier alpha value is -2.67. The lowest BCUT2D eigenvalue weighted by Gasteiger charge is -2.43. The molecule has 1 aromatic carbocycles. The van der Waals surface area contributed by atoms with Gasteiger partial charge in [-0.1, -0.05) is 30.3 Å². The molecule has 0 aliphatic carbocycles. The minimum absolute atomic E-state index is 0.0114. The second-order valence-corrected chi connectivity index (χ2v) is 7.63. The van der Waals surface area contributed by atoms with E-state index in [0.717, 1.165) is 12.0 Å². The van der Waals surface area contributed by atoms with Gasteiger partial charge in [-0.25, -0.2) is 4.98 Å². The topological polar surface area (TPSA) is 107 Å². The first-order chi connectivity index (χ1) is 13.3. The highest BCUT2D eigenvalue weighted by Crippen LogP contribution is 2.36. The van der Waals surface area contributed by atoms with Crippen LogP contribution in [-0.2, 0) is 11.2 Å². The standard InChI is InChI=1S/C21H27N3O4/c1-14-18(23-15(2)22-14)19(26)24-12-10-17(25)21(13-24,20(27)28)11-6-9-16-7-4-3-5-8-16/h3-5,7-8,17,25H,6,9-13H2,1-2H3,(H,22,23)(H,27,28)/t17-,21-/m1/s1. The van der Waals surface area contributed by atoms with Gasteiger partial charge in [0.25, 0.3) is 5.91 Å². The average Bonchev–Trinajstić information content (AvgIpc) is 3.01. The Kier molecular flexibility index (Phi) is 5.84.